The Morgan fingerprint density at radius 3 is 2.33 bits per heavy atom. The summed E-state index contributed by atoms with van der Waals surface area (Å²) in [6, 6.07) is 11.0. The van der Waals surface area contributed by atoms with Crippen LogP contribution in [0.15, 0.2) is 41.0 Å². The summed E-state index contributed by atoms with van der Waals surface area (Å²) in [6.45, 7) is 4.34. The van der Waals surface area contributed by atoms with Crippen LogP contribution in [0.3, 0.4) is 0 Å². The first-order valence-corrected chi connectivity index (χ1v) is 6.86. The van der Waals surface area contributed by atoms with Crippen LogP contribution in [0, 0.1) is 0 Å². The lowest BCUT2D eigenvalue weighted by Crippen LogP contribution is -2.24. The molecule has 3 nitrogen and oxygen atoms in total. The molecule has 2 aromatic rings. The van der Waals surface area contributed by atoms with Crippen LogP contribution in [0.2, 0.25) is 0 Å². The topological polar surface area (TPSA) is 29.9 Å². The normalized spacial score (nSPS) is 14.4. The van der Waals surface area contributed by atoms with Crippen molar-refractivity contribution in [3.63, 3.8) is 0 Å². The summed E-state index contributed by atoms with van der Waals surface area (Å²) in [5.74, 6) is 0. The quantitative estimate of drug-likeness (QED) is 0.935. The summed E-state index contributed by atoms with van der Waals surface area (Å²) in [6.07, 6.45) is 1.83. The third-order valence-corrected chi connectivity index (χ3v) is 3.70. The number of benzene rings is 1. The monoisotopic (exact) mass is 307 g/mol. The molecule has 0 fully saturated rings. The lowest BCUT2D eigenvalue weighted by molar-refractivity contribution is 0.469. The molecule has 0 aliphatic rings. The first kappa shape index (κ1) is 13.3. The highest BCUT2D eigenvalue weighted by Gasteiger charge is 2.13. The molecule has 1 heterocycles. The van der Waals surface area contributed by atoms with Crippen molar-refractivity contribution < 1.29 is 0 Å². The molecule has 18 heavy (non-hydrogen) atoms. The van der Waals surface area contributed by atoms with E-state index in [0.717, 1.165) is 4.47 Å². The molecule has 0 aliphatic heterocycles. The molecule has 1 N–H and O–H groups in total. The molecule has 0 radical (unpaired) electrons. The molecule has 0 amide bonds. The van der Waals surface area contributed by atoms with Gasteiger partial charge in [-0.1, -0.05) is 28.1 Å². The Labute approximate surface area is 116 Å². The third kappa shape index (κ3) is 3.00. The fraction of sp³-hybridized carbons (Fsp3) is 0.357. The zero-order valence-electron chi connectivity index (χ0n) is 10.9. The summed E-state index contributed by atoms with van der Waals surface area (Å²) in [7, 11) is 1.97. The van der Waals surface area contributed by atoms with Crippen LogP contribution in [0.4, 0.5) is 0 Å². The van der Waals surface area contributed by atoms with E-state index >= 15 is 0 Å². The SMILES string of the molecule is CC(NC(C)c1ccnn1C)c1ccc(Br)cc1. The van der Waals surface area contributed by atoms with E-state index in [-0.39, 0.29) is 6.04 Å². The number of nitrogens with one attached hydrogen (secondary N) is 1. The van der Waals surface area contributed by atoms with Crippen LogP contribution in [0.25, 0.3) is 0 Å². The lowest BCUT2D eigenvalue weighted by atomic mass is 10.1. The van der Waals surface area contributed by atoms with Crippen LogP contribution in [-0.4, -0.2) is 9.78 Å². The molecule has 1 aromatic carbocycles. The van der Waals surface area contributed by atoms with Crippen LogP contribution < -0.4 is 5.32 Å². The molecule has 0 bridgehead atoms. The number of hydrogen-bond acceptors (Lipinski definition) is 2. The Morgan fingerprint density at radius 1 is 1.11 bits per heavy atom. The van der Waals surface area contributed by atoms with Gasteiger partial charge in [0.05, 0.1) is 5.69 Å². The van der Waals surface area contributed by atoms with Gasteiger partial charge in [0.25, 0.3) is 0 Å². The highest BCUT2D eigenvalue weighted by molar-refractivity contribution is 9.10. The van der Waals surface area contributed by atoms with Crippen LogP contribution in [-0.2, 0) is 7.05 Å². The van der Waals surface area contributed by atoms with Gasteiger partial charge >= 0.3 is 0 Å². The van der Waals surface area contributed by atoms with E-state index in [1.54, 1.807) is 0 Å². The van der Waals surface area contributed by atoms with Gasteiger partial charge in [-0.15, -0.1) is 0 Å². The van der Waals surface area contributed by atoms with Crippen molar-refractivity contribution in [2.75, 3.05) is 0 Å². The van der Waals surface area contributed by atoms with Crippen LogP contribution in [0.1, 0.15) is 37.2 Å². The maximum Gasteiger partial charge on any atom is 0.0547 e. The summed E-state index contributed by atoms with van der Waals surface area (Å²) in [5.41, 5.74) is 2.48. The second kappa shape index (κ2) is 5.67. The first-order chi connectivity index (χ1) is 8.58. The number of hydrogen-bond donors (Lipinski definition) is 1. The Kier molecular flexibility index (Phi) is 4.19. The van der Waals surface area contributed by atoms with Gasteiger partial charge in [-0.25, -0.2) is 0 Å². The van der Waals surface area contributed by atoms with Crippen molar-refractivity contribution >= 4 is 15.9 Å². The molecule has 0 saturated heterocycles. The largest absolute Gasteiger partial charge is 0.302 e. The summed E-state index contributed by atoms with van der Waals surface area (Å²) < 4.78 is 3.02. The first-order valence-electron chi connectivity index (χ1n) is 6.07. The van der Waals surface area contributed by atoms with Crippen LogP contribution in [0.5, 0.6) is 0 Å². The molecule has 1 aromatic heterocycles. The Morgan fingerprint density at radius 2 is 1.78 bits per heavy atom. The molecule has 2 unspecified atom stereocenters. The van der Waals surface area contributed by atoms with Crippen molar-refractivity contribution in [2.24, 2.45) is 7.05 Å². The smallest absolute Gasteiger partial charge is 0.0547 e. The van der Waals surface area contributed by atoms with E-state index in [2.05, 4.69) is 64.5 Å². The minimum Gasteiger partial charge on any atom is -0.302 e. The minimum absolute atomic E-state index is 0.274. The van der Waals surface area contributed by atoms with Crippen LogP contribution >= 0.6 is 15.9 Å². The molecule has 96 valence electrons. The number of halogens is 1. The van der Waals surface area contributed by atoms with Gasteiger partial charge in [-0.05, 0) is 37.6 Å². The van der Waals surface area contributed by atoms with Gasteiger partial charge in [-0.2, -0.15) is 5.10 Å². The van der Waals surface area contributed by atoms with E-state index in [4.69, 9.17) is 0 Å². The second-order valence-electron chi connectivity index (χ2n) is 4.54. The highest BCUT2D eigenvalue weighted by atomic mass is 79.9. The van der Waals surface area contributed by atoms with E-state index in [1.807, 2.05) is 24.0 Å². The van der Waals surface area contributed by atoms with E-state index in [1.165, 1.54) is 11.3 Å². The molecule has 0 aliphatic carbocycles. The van der Waals surface area contributed by atoms with Gasteiger partial charge < -0.3 is 5.32 Å². The third-order valence-electron chi connectivity index (χ3n) is 3.17. The summed E-state index contributed by atoms with van der Waals surface area (Å²) in [4.78, 5) is 0. The number of nitrogens with zero attached hydrogens (tertiary/aromatic N) is 2. The van der Waals surface area contributed by atoms with Crippen molar-refractivity contribution in [1.82, 2.24) is 15.1 Å². The van der Waals surface area contributed by atoms with E-state index < -0.39 is 0 Å². The zero-order valence-corrected chi connectivity index (χ0v) is 12.5. The van der Waals surface area contributed by atoms with E-state index in [9.17, 15) is 0 Å². The van der Waals surface area contributed by atoms with Gasteiger partial charge in [0.1, 0.15) is 0 Å². The lowest BCUT2D eigenvalue weighted by Gasteiger charge is -2.20. The average Bonchev–Trinajstić information content (AvgIpc) is 2.76. The van der Waals surface area contributed by atoms with Crippen molar-refractivity contribution in [3.8, 4) is 0 Å². The van der Waals surface area contributed by atoms with Gasteiger partial charge in [0, 0.05) is 29.8 Å². The maximum absolute atomic E-state index is 4.20. The predicted molar refractivity (Wildman–Crippen MR) is 77.3 cm³/mol. The van der Waals surface area contributed by atoms with Gasteiger partial charge in [0.2, 0.25) is 0 Å². The molecule has 4 heteroatoms. The Hall–Kier alpha value is -1.13. The number of aryl methyl sites for hydroxylation is 1. The molecule has 0 spiro atoms. The molecule has 2 rings (SSSR count). The average molecular weight is 308 g/mol. The fourth-order valence-corrected chi connectivity index (χ4v) is 2.38. The summed E-state index contributed by atoms with van der Waals surface area (Å²) >= 11 is 3.45. The number of aromatic nitrogens is 2. The van der Waals surface area contributed by atoms with Gasteiger partial charge in [-0.3, -0.25) is 4.68 Å². The van der Waals surface area contributed by atoms with Crippen molar-refractivity contribution in [3.05, 3.63) is 52.3 Å². The Balaban J connectivity index is 2.05. The minimum atomic E-state index is 0.274. The van der Waals surface area contributed by atoms with Crippen molar-refractivity contribution in [1.29, 1.82) is 0 Å². The van der Waals surface area contributed by atoms with Gasteiger partial charge in [0.15, 0.2) is 0 Å². The summed E-state index contributed by atoms with van der Waals surface area (Å²) in [5, 5.41) is 7.78. The molecular weight excluding hydrogens is 290 g/mol. The zero-order chi connectivity index (χ0) is 13.1. The standard InChI is InChI=1S/C14H18BrN3/c1-10(12-4-6-13(15)7-5-12)17-11(2)14-8-9-16-18(14)3/h4-11,17H,1-3H3. The highest BCUT2D eigenvalue weighted by Crippen LogP contribution is 2.20. The fourth-order valence-electron chi connectivity index (χ4n) is 2.12. The number of rotatable bonds is 4. The Bertz CT molecular complexity index is 504. The molecule has 0 saturated carbocycles. The predicted octanol–water partition coefficient (Wildman–Crippen LogP) is 3.59. The van der Waals surface area contributed by atoms with Crippen molar-refractivity contribution in [2.45, 2.75) is 25.9 Å². The molecular formula is C14H18BrN3. The maximum atomic E-state index is 4.20. The molecule has 2 atom stereocenters. The van der Waals surface area contributed by atoms with E-state index in [0.29, 0.717) is 6.04 Å². The second-order valence-corrected chi connectivity index (χ2v) is 5.46.